The van der Waals surface area contributed by atoms with Gasteiger partial charge in [-0.25, -0.2) is 19.0 Å². The van der Waals surface area contributed by atoms with Crippen LogP contribution in [0.15, 0.2) is 23.4 Å². The fourth-order valence-electron chi connectivity index (χ4n) is 3.55. The molecule has 0 saturated heterocycles. The molecule has 6 atom stereocenters. The van der Waals surface area contributed by atoms with Crippen molar-refractivity contribution in [1.29, 1.82) is 0 Å². The molecule has 194 valence electrons. The van der Waals surface area contributed by atoms with E-state index in [1.807, 2.05) is 6.92 Å². The summed E-state index contributed by atoms with van der Waals surface area (Å²) in [4.78, 5) is 8.60. The number of aromatic nitrogens is 5. The molecule has 0 amide bonds. The lowest BCUT2D eigenvalue weighted by Gasteiger charge is -2.17. The van der Waals surface area contributed by atoms with E-state index in [1.165, 1.54) is 12.1 Å². The molecule has 2 aliphatic rings. The molecule has 0 unspecified atom stereocenters. The number of fused-ring (bicyclic) bond motifs is 1. The molecule has 12 heteroatoms. The second-order valence-electron chi connectivity index (χ2n) is 7.97. The van der Waals surface area contributed by atoms with Gasteiger partial charge in [-0.1, -0.05) is 36.0 Å². The molecule has 0 bridgehead atoms. The van der Waals surface area contributed by atoms with Crippen LogP contribution in [0.3, 0.4) is 0 Å². The van der Waals surface area contributed by atoms with Gasteiger partial charge in [0.2, 0.25) is 0 Å². The molecule has 36 heavy (non-hydrogen) atoms. The predicted molar refractivity (Wildman–Crippen MR) is 133 cm³/mol. The maximum absolute atomic E-state index is 14.3. The van der Waals surface area contributed by atoms with Crippen LogP contribution in [0.25, 0.3) is 11.2 Å². The summed E-state index contributed by atoms with van der Waals surface area (Å²) in [6, 6.07) is -0.582. The molecular formula is C24H31FN6O4S. The summed E-state index contributed by atoms with van der Waals surface area (Å²) in [5.74, 6) is -1.19. The summed E-state index contributed by atoms with van der Waals surface area (Å²) >= 11 is 1.06. The molecule has 4 N–H and O–H groups in total. The standard InChI is InChI=1S/C24H31FN6O4S/c1-3-8-36-24-27-22(26-16-10-14(16)13-5-4-12(2)15(25)9-13)19-23(28-24)31(30-29-19)17-11-18(35-7-6-32)21(34)20(17)33/h4-5,9,14,16-18,20-21,32-34H,3,6-8,10-11H2,1-2H3,(H,26,27,28)/t14-,16+,17+,18-,20-,21+/m0/s1/i6D2,7D2,10D2,11D2,17D,18D,20D,21D. The number of aliphatic hydroxyl groups is 3. The summed E-state index contributed by atoms with van der Waals surface area (Å²) in [6.07, 6.45) is -18.0. The Bertz CT molecular complexity index is 1760. The maximum atomic E-state index is 14.3. The quantitative estimate of drug-likeness (QED) is 0.228. The first-order valence-electron chi connectivity index (χ1n) is 16.9. The second-order valence-corrected chi connectivity index (χ2v) is 9.03. The van der Waals surface area contributed by atoms with E-state index < -0.39 is 73.5 Å². The van der Waals surface area contributed by atoms with E-state index >= 15 is 0 Å². The van der Waals surface area contributed by atoms with Crippen LogP contribution in [0.4, 0.5) is 10.2 Å². The highest BCUT2D eigenvalue weighted by Gasteiger charge is 2.45. The van der Waals surface area contributed by atoms with E-state index in [4.69, 9.17) is 16.4 Å². The highest BCUT2D eigenvalue weighted by Crippen LogP contribution is 2.44. The van der Waals surface area contributed by atoms with Gasteiger partial charge < -0.3 is 25.4 Å². The lowest BCUT2D eigenvalue weighted by atomic mass is 10.1. The number of halogens is 1. The number of rotatable bonds is 10. The molecule has 10 nitrogen and oxygen atoms in total. The third kappa shape index (κ3) is 4.92. The first kappa shape index (κ1) is 14.5. The van der Waals surface area contributed by atoms with Crippen molar-refractivity contribution in [3.05, 3.63) is 35.1 Å². The Kier molecular flexibility index (Phi) is 4.25. The molecule has 2 aliphatic carbocycles. The van der Waals surface area contributed by atoms with Crippen molar-refractivity contribution in [2.45, 2.75) is 74.4 Å². The van der Waals surface area contributed by atoms with Crippen LogP contribution in [-0.2, 0) is 4.74 Å². The number of aryl methyl sites for hydroxylation is 1. The van der Waals surface area contributed by atoms with Gasteiger partial charge in [0.1, 0.15) is 18.0 Å². The van der Waals surface area contributed by atoms with Crippen molar-refractivity contribution >= 4 is 28.7 Å². The first-order valence-corrected chi connectivity index (χ1v) is 11.9. The fraction of sp³-hybridized carbons (Fsp3) is 0.583. The van der Waals surface area contributed by atoms with E-state index in [1.54, 1.807) is 13.0 Å². The van der Waals surface area contributed by atoms with Crippen LogP contribution >= 0.6 is 11.8 Å². The number of thioether (sulfide) groups is 1. The Morgan fingerprint density at radius 2 is 2.17 bits per heavy atom. The Morgan fingerprint density at radius 3 is 2.92 bits per heavy atom. The molecule has 0 aliphatic heterocycles. The average molecular weight is 531 g/mol. The van der Waals surface area contributed by atoms with Crippen molar-refractivity contribution < 1.29 is 40.9 Å². The largest absolute Gasteiger partial charge is 0.394 e. The molecule has 0 radical (unpaired) electrons. The maximum Gasteiger partial charge on any atom is 0.191 e. The van der Waals surface area contributed by atoms with Gasteiger partial charge in [-0.3, -0.25) is 0 Å². The van der Waals surface area contributed by atoms with Crippen LogP contribution in [0.5, 0.6) is 0 Å². The summed E-state index contributed by atoms with van der Waals surface area (Å²) in [5, 5.41) is 42.2. The summed E-state index contributed by atoms with van der Waals surface area (Å²) < 4.78 is 118. The molecule has 1 aromatic carbocycles. The third-order valence-corrected chi connectivity index (χ3v) is 6.51. The number of benzene rings is 1. The molecule has 2 heterocycles. The molecule has 0 spiro atoms. The number of ether oxygens (including phenoxy) is 1. The zero-order chi connectivity index (χ0) is 36.3. The smallest absolute Gasteiger partial charge is 0.191 e. The lowest BCUT2D eigenvalue weighted by Crippen LogP contribution is -2.33. The second kappa shape index (κ2) is 10.5. The van der Waals surface area contributed by atoms with Crippen LogP contribution in [-0.4, -0.2) is 83.4 Å². The van der Waals surface area contributed by atoms with Crippen molar-refractivity contribution in [1.82, 2.24) is 25.0 Å². The van der Waals surface area contributed by atoms with Gasteiger partial charge in [-0.2, -0.15) is 0 Å². The third-order valence-electron chi connectivity index (χ3n) is 5.45. The highest BCUT2D eigenvalue weighted by molar-refractivity contribution is 7.99. The van der Waals surface area contributed by atoms with Crippen LogP contribution in [0.2, 0.25) is 0 Å². The van der Waals surface area contributed by atoms with Gasteiger partial charge in [0.25, 0.3) is 0 Å². The summed E-state index contributed by atoms with van der Waals surface area (Å²) in [7, 11) is 0. The summed E-state index contributed by atoms with van der Waals surface area (Å²) in [6.45, 7) is -4.61. The number of hydrogen-bond acceptors (Lipinski definition) is 10. The number of anilines is 1. The normalized spacial score (nSPS) is 44.3. The van der Waals surface area contributed by atoms with Gasteiger partial charge >= 0.3 is 0 Å². The molecule has 2 aromatic heterocycles. The van der Waals surface area contributed by atoms with Crippen LogP contribution < -0.4 is 5.32 Å². The SMILES string of the molecule is [2H]C1([2H])[C@@H](Nc2nc(SCCC)nc3c2nnn3[C@]2([2H])C([2H])([2H])[C@]([2H])(OC([2H])([2H])C([2H])([2H])O)[C@@]([2H])(O)[C@@]2([2H])O)[C@@H]1c1ccc(C)c(F)c1. The Morgan fingerprint density at radius 1 is 1.33 bits per heavy atom. The van der Waals surface area contributed by atoms with Gasteiger partial charge in [-0.05, 0) is 36.9 Å². The Labute approximate surface area is 229 Å². The van der Waals surface area contributed by atoms with Crippen molar-refractivity contribution in [3.63, 3.8) is 0 Å². The number of nitrogens with zero attached hydrogens (tertiary/aromatic N) is 5. The number of nitrogens with one attached hydrogen (secondary N) is 1. The monoisotopic (exact) mass is 530 g/mol. The van der Waals surface area contributed by atoms with Crippen LogP contribution in [0, 0.1) is 12.7 Å². The number of hydrogen-bond donors (Lipinski definition) is 4. The molecule has 2 saturated carbocycles. The topological polar surface area (TPSA) is 138 Å². The van der Waals surface area contributed by atoms with Crippen molar-refractivity contribution in [2.24, 2.45) is 0 Å². The van der Waals surface area contributed by atoms with Gasteiger partial charge in [0.05, 0.1) is 36.2 Å². The predicted octanol–water partition coefficient (Wildman–Crippen LogP) is 2.18. The molecule has 5 rings (SSSR count). The van der Waals surface area contributed by atoms with E-state index in [0.717, 1.165) is 11.8 Å². The van der Waals surface area contributed by atoms with Crippen molar-refractivity contribution in [2.75, 3.05) is 24.2 Å². The van der Waals surface area contributed by atoms with E-state index in [2.05, 4.69) is 30.3 Å². The van der Waals surface area contributed by atoms with Crippen LogP contribution in [0.1, 0.15) is 65.6 Å². The minimum absolute atomic E-state index is 0.0652. The Balaban J connectivity index is 1.66. The van der Waals surface area contributed by atoms with Gasteiger partial charge in [0.15, 0.2) is 22.1 Å². The fourth-order valence-corrected chi connectivity index (χ4v) is 4.25. The Hall–Kier alpha value is -2.38. The lowest BCUT2D eigenvalue weighted by molar-refractivity contribution is -0.0629. The zero-order valence-electron chi connectivity index (χ0n) is 31.1. The molecule has 2 fully saturated rings. The van der Waals surface area contributed by atoms with Crippen molar-refractivity contribution in [3.8, 4) is 0 Å². The zero-order valence-corrected chi connectivity index (χ0v) is 19.9. The van der Waals surface area contributed by atoms with E-state index in [0.29, 0.717) is 23.3 Å². The van der Waals surface area contributed by atoms with Gasteiger partial charge in [-0.15, -0.1) is 5.10 Å². The average Bonchev–Trinajstić information content (AvgIpc) is 3.24. The molecular weight excluding hydrogens is 487 g/mol. The minimum Gasteiger partial charge on any atom is -0.394 e. The first-order chi connectivity index (χ1) is 21.7. The van der Waals surface area contributed by atoms with Gasteiger partial charge in [0, 0.05) is 29.6 Å². The van der Waals surface area contributed by atoms with E-state index in [9.17, 15) is 19.7 Å². The minimum atomic E-state index is -4.28. The summed E-state index contributed by atoms with van der Waals surface area (Å²) in [5.41, 5.74) is -0.276. The highest BCUT2D eigenvalue weighted by atomic mass is 32.2. The van der Waals surface area contributed by atoms with E-state index in [-0.39, 0.29) is 21.2 Å². The molecule has 3 aromatic rings.